The molecule has 1 saturated carbocycles. The number of ether oxygens (including phenoxy) is 1. The lowest BCUT2D eigenvalue weighted by molar-refractivity contribution is 0.0950. The highest BCUT2D eigenvalue weighted by Gasteiger charge is 2.23. The Balaban J connectivity index is 1.36. The fourth-order valence-electron chi connectivity index (χ4n) is 3.10. The summed E-state index contributed by atoms with van der Waals surface area (Å²) in [6.07, 6.45) is 2.10. The van der Waals surface area contributed by atoms with Crippen molar-refractivity contribution in [3.05, 3.63) is 95.1 Å². The van der Waals surface area contributed by atoms with Gasteiger partial charge in [0.25, 0.3) is 11.8 Å². The van der Waals surface area contributed by atoms with Crippen LogP contribution >= 0.6 is 0 Å². The van der Waals surface area contributed by atoms with E-state index in [1.165, 1.54) is 5.56 Å². The average molecular weight is 400 g/mol. The molecule has 0 atom stereocenters. The Kier molecular flexibility index (Phi) is 5.80. The molecule has 0 spiro atoms. The molecule has 0 unspecified atom stereocenters. The molecule has 0 aliphatic heterocycles. The predicted octanol–water partition coefficient (Wildman–Crippen LogP) is 4.72. The number of rotatable bonds is 7. The molecule has 3 aromatic carbocycles. The summed E-state index contributed by atoms with van der Waals surface area (Å²) >= 11 is 0. The number of amides is 2. The van der Waals surface area contributed by atoms with Crippen LogP contribution in [0.1, 0.15) is 44.7 Å². The molecule has 0 bridgehead atoms. The highest BCUT2D eigenvalue weighted by Crippen LogP contribution is 2.20. The minimum atomic E-state index is -0.230. The highest BCUT2D eigenvalue weighted by atomic mass is 16.5. The summed E-state index contributed by atoms with van der Waals surface area (Å²) in [7, 11) is 0. The molecule has 2 amide bonds. The summed E-state index contributed by atoms with van der Waals surface area (Å²) in [6, 6.07) is 22.4. The fraction of sp³-hybridized carbons (Fsp3) is 0.200. The van der Waals surface area contributed by atoms with E-state index < -0.39 is 0 Å². The molecule has 152 valence electrons. The number of anilines is 1. The van der Waals surface area contributed by atoms with E-state index in [2.05, 4.69) is 16.7 Å². The van der Waals surface area contributed by atoms with E-state index in [1.807, 2.05) is 31.2 Å². The van der Waals surface area contributed by atoms with Gasteiger partial charge in [-0.15, -0.1) is 0 Å². The molecule has 5 heteroatoms. The predicted molar refractivity (Wildman–Crippen MR) is 117 cm³/mol. The summed E-state index contributed by atoms with van der Waals surface area (Å²) in [6.45, 7) is 2.48. The molecule has 2 N–H and O–H groups in total. The van der Waals surface area contributed by atoms with Crippen molar-refractivity contribution in [2.45, 2.75) is 32.4 Å². The molecule has 0 radical (unpaired) electrons. The van der Waals surface area contributed by atoms with Crippen LogP contribution in [0.5, 0.6) is 5.75 Å². The zero-order valence-electron chi connectivity index (χ0n) is 16.9. The van der Waals surface area contributed by atoms with Crippen molar-refractivity contribution in [2.24, 2.45) is 0 Å². The first-order valence-corrected chi connectivity index (χ1v) is 10.1. The molecule has 1 fully saturated rings. The van der Waals surface area contributed by atoms with Gasteiger partial charge in [0.15, 0.2) is 0 Å². The van der Waals surface area contributed by atoms with Gasteiger partial charge in [-0.05, 0) is 67.8 Å². The SMILES string of the molecule is Cc1cccc(COc2cccc(C(=O)Nc3ccc(C(=O)NC4CC4)cc3)c2)c1. The topological polar surface area (TPSA) is 67.4 Å². The summed E-state index contributed by atoms with van der Waals surface area (Å²) in [5, 5.41) is 5.81. The molecule has 30 heavy (non-hydrogen) atoms. The summed E-state index contributed by atoms with van der Waals surface area (Å²) in [5.74, 6) is 0.330. The van der Waals surface area contributed by atoms with E-state index in [4.69, 9.17) is 4.74 Å². The molecule has 1 aliphatic rings. The van der Waals surface area contributed by atoms with Crippen molar-refractivity contribution in [3.8, 4) is 5.75 Å². The van der Waals surface area contributed by atoms with Crippen LogP contribution in [0.15, 0.2) is 72.8 Å². The molecular weight excluding hydrogens is 376 g/mol. The maximum Gasteiger partial charge on any atom is 0.255 e. The van der Waals surface area contributed by atoms with Crippen molar-refractivity contribution in [1.29, 1.82) is 0 Å². The fourth-order valence-corrected chi connectivity index (χ4v) is 3.10. The van der Waals surface area contributed by atoms with E-state index in [9.17, 15) is 9.59 Å². The Labute approximate surface area is 176 Å². The lowest BCUT2D eigenvalue weighted by atomic mass is 10.1. The molecule has 3 aromatic rings. The van der Waals surface area contributed by atoms with Gasteiger partial charge in [-0.1, -0.05) is 35.9 Å². The van der Waals surface area contributed by atoms with Gasteiger partial charge < -0.3 is 15.4 Å². The monoisotopic (exact) mass is 400 g/mol. The smallest absolute Gasteiger partial charge is 0.255 e. The van der Waals surface area contributed by atoms with Gasteiger partial charge in [0.1, 0.15) is 12.4 Å². The second-order valence-electron chi connectivity index (χ2n) is 7.58. The second-order valence-corrected chi connectivity index (χ2v) is 7.58. The summed E-state index contributed by atoms with van der Waals surface area (Å²) in [4.78, 5) is 24.7. The van der Waals surface area contributed by atoms with Crippen LogP contribution in [0.2, 0.25) is 0 Å². The first kappa shape index (κ1) is 19.7. The normalized spacial score (nSPS) is 12.8. The van der Waals surface area contributed by atoms with E-state index in [0.29, 0.717) is 35.2 Å². The van der Waals surface area contributed by atoms with E-state index >= 15 is 0 Å². The van der Waals surface area contributed by atoms with Crippen LogP contribution in [-0.2, 0) is 6.61 Å². The summed E-state index contributed by atoms with van der Waals surface area (Å²) in [5.41, 5.74) is 3.99. The van der Waals surface area contributed by atoms with Crippen LogP contribution in [0.4, 0.5) is 5.69 Å². The van der Waals surface area contributed by atoms with Gasteiger partial charge in [-0.25, -0.2) is 0 Å². The van der Waals surface area contributed by atoms with Crippen LogP contribution < -0.4 is 15.4 Å². The van der Waals surface area contributed by atoms with Crippen molar-refractivity contribution in [2.75, 3.05) is 5.32 Å². The average Bonchev–Trinajstić information content (AvgIpc) is 3.57. The van der Waals surface area contributed by atoms with Crippen molar-refractivity contribution < 1.29 is 14.3 Å². The standard InChI is InChI=1S/C25H24N2O3/c1-17-4-2-5-18(14-17)16-30-23-7-3-6-20(15-23)25(29)27-21-10-8-19(9-11-21)24(28)26-22-12-13-22/h2-11,14-15,22H,12-13,16H2,1H3,(H,26,28)(H,27,29). The molecular formula is C25H24N2O3. The van der Waals surface area contributed by atoms with Crippen molar-refractivity contribution in [1.82, 2.24) is 5.32 Å². The maximum atomic E-state index is 12.6. The van der Waals surface area contributed by atoms with Gasteiger partial charge in [0, 0.05) is 22.9 Å². The van der Waals surface area contributed by atoms with Gasteiger partial charge >= 0.3 is 0 Å². The van der Waals surface area contributed by atoms with Crippen LogP contribution in [-0.4, -0.2) is 17.9 Å². The van der Waals surface area contributed by atoms with Gasteiger partial charge in [-0.3, -0.25) is 9.59 Å². The number of benzene rings is 3. The first-order chi connectivity index (χ1) is 14.6. The highest BCUT2D eigenvalue weighted by molar-refractivity contribution is 6.04. The van der Waals surface area contributed by atoms with Gasteiger partial charge in [0.05, 0.1) is 0 Å². The molecule has 4 rings (SSSR count). The van der Waals surface area contributed by atoms with E-state index in [1.54, 1.807) is 42.5 Å². The van der Waals surface area contributed by atoms with Gasteiger partial charge in [-0.2, -0.15) is 0 Å². The third-order valence-electron chi connectivity index (χ3n) is 4.90. The number of carbonyl (C=O) groups is 2. The first-order valence-electron chi connectivity index (χ1n) is 10.1. The summed E-state index contributed by atoms with van der Waals surface area (Å²) < 4.78 is 5.84. The van der Waals surface area contributed by atoms with Crippen molar-refractivity contribution >= 4 is 17.5 Å². The third kappa shape index (κ3) is 5.26. The molecule has 0 saturated heterocycles. The van der Waals surface area contributed by atoms with E-state index in [0.717, 1.165) is 18.4 Å². The Hall–Kier alpha value is -3.60. The van der Waals surface area contributed by atoms with Crippen molar-refractivity contribution in [3.63, 3.8) is 0 Å². The minimum absolute atomic E-state index is 0.0752. The molecule has 0 heterocycles. The van der Waals surface area contributed by atoms with Crippen LogP contribution in [0.25, 0.3) is 0 Å². The minimum Gasteiger partial charge on any atom is -0.489 e. The van der Waals surface area contributed by atoms with E-state index in [-0.39, 0.29) is 11.8 Å². The quantitative estimate of drug-likeness (QED) is 0.603. The molecule has 5 nitrogen and oxygen atoms in total. The molecule has 1 aliphatic carbocycles. The van der Waals surface area contributed by atoms with Gasteiger partial charge in [0.2, 0.25) is 0 Å². The number of hydrogen-bond acceptors (Lipinski definition) is 3. The number of carbonyl (C=O) groups excluding carboxylic acids is 2. The number of aryl methyl sites for hydroxylation is 1. The maximum absolute atomic E-state index is 12.6. The number of nitrogens with one attached hydrogen (secondary N) is 2. The Morgan fingerprint density at radius 3 is 2.40 bits per heavy atom. The lowest BCUT2D eigenvalue weighted by Gasteiger charge is -2.10. The zero-order chi connectivity index (χ0) is 20.9. The third-order valence-corrected chi connectivity index (χ3v) is 4.90. The Bertz CT molecular complexity index is 1060. The Morgan fingerprint density at radius 2 is 1.67 bits per heavy atom. The van der Waals surface area contributed by atoms with Crippen LogP contribution in [0.3, 0.4) is 0 Å². The lowest BCUT2D eigenvalue weighted by Crippen LogP contribution is -2.25. The molecule has 0 aromatic heterocycles. The Morgan fingerprint density at radius 1 is 0.900 bits per heavy atom. The zero-order valence-corrected chi connectivity index (χ0v) is 16.9. The number of hydrogen-bond donors (Lipinski definition) is 2. The van der Waals surface area contributed by atoms with Crippen LogP contribution in [0, 0.1) is 6.92 Å². The largest absolute Gasteiger partial charge is 0.489 e. The second kappa shape index (κ2) is 8.82.